The second-order valence-electron chi connectivity index (χ2n) is 6.71. The zero-order chi connectivity index (χ0) is 13.4. The highest BCUT2D eigenvalue weighted by Gasteiger charge is 2.54. The summed E-state index contributed by atoms with van der Waals surface area (Å²) in [5.41, 5.74) is 0.911. The molecule has 1 aliphatic rings. The standard InChI is InChI=1S/C16H24OSi/c1-13-9-8-12-16(13,18(2,3)4)15(17)14-10-6-5-7-11-14/h5-7,10-11,13H,8-9,12H2,1-4H3/t13-,16-/m0/s1. The lowest BCUT2D eigenvalue weighted by atomic mass is 9.88. The molecule has 1 nitrogen and oxygen atoms in total. The Morgan fingerprint density at radius 1 is 1.22 bits per heavy atom. The van der Waals surface area contributed by atoms with Crippen LogP contribution in [0.3, 0.4) is 0 Å². The van der Waals surface area contributed by atoms with Crippen LogP contribution in [0.15, 0.2) is 30.3 Å². The average molecular weight is 260 g/mol. The zero-order valence-electron chi connectivity index (χ0n) is 12.0. The minimum Gasteiger partial charge on any atom is -0.294 e. The second kappa shape index (κ2) is 4.65. The van der Waals surface area contributed by atoms with E-state index in [4.69, 9.17) is 0 Å². The van der Waals surface area contributed by atoms with Gasteiger partial charge in [0.2, 0.25) is 0 Å². The summed E-state index contributed by atoms with van der Waals surface area (Å²) < 4.78 is 0. The molecule has 0 spiro atoms. The van der Waals surface area contributed by atoms with Crippen LogP contribution in [0.5, 0.6) is 0 Å². The van der Waals surface area contributed by atoms with E-state index in [2.05, 4.69) is 26.6 Å². The van der Waals surface area contributed by atoms with Gasteiger partial charge in [0.05, 0.1) is 8.07 Å². The largest absolute Gasteiger partial charge is 0.294 e. The Hall–Kier alpha value is -0.893. The summed E-state index contributed by atoms with van der Waals surface area (Å²) in [4.78, 5) is 13.1. The number of rotatable bonds is 3. The number of hydrogen-bond donors (Lipinski definition) is 0. The van der Waals surface area contributed by atoms with E-state index in [9.17, 15) is 4.79 Å². The van der Waals surface area contributed by atoms with Crippen LogP contribution in [0.1, 0.15) is 36.5 Å². The van der Waals surface area contributed by atoms with Crippen molar-refractivity contribution >= 4 is 13.9 Å². The number of hydrogen-bond acceptors (Lipinski definition) is 1. The van der Waals surface area contributed by atoms with Gasteiger partial charge in [0.1, 0.15) is 0 Å². The Labute approximate surface area is 112 Å². The predicted octanol–water partition coefficient (Wildman–Crippen LogP) is 4.77. The molecule has 0 bridgehead atoms. The molecule has 1 aromatic carbocycles. The molecule has 2 heteroatoms. The molecule has 0 saturated heterocycles. The van der Waals surface area contributed by atoms with Crippen LogP contribution in [0.4, 0.5) is 0 Å². The molecule has 1 saturated carbocycles. The number of carbonyl (C=O) groups excluding carboxylic acids is 1. The SMILES string of the molecule is C[C@H]1CCC[C@]1(C(=O)c1ccccc1)[Si](C)(C)C. The van der Waals surface area contributed by atoms with Gasteiger partial charge in [-0.05, 0) is 18.8 Å². The Kier molecular flexibility index (Phi) is 3.50. The van der Waals surface area contributed by atoms with Crippen molar-refractivity contribution in [1.82, 2.24) is 0 Å². The first kappa shape index (κ1) is 13.5. The van der Waals surface area contributed by atoms with Crippen molar-refractivity contribution in [2.45, 2.75) is 50.9 Å². The third kappa shape index (κ3) is 1.97. The maximum Gasteiger partial charge on any atom is 0.166 e. The molecule has 2 atom stereocenters. The van der Waals surface area contributed by atoms with Crippen molar-refractivity contribution in [2.24, 2.45) is 5.92 Å². The van der Waals surface area contributed by atoms with Crippen LogP contribution in [0.25, 0.3) is 0 Å². The van der Waals surface area contributed by atoms with E-state index in [0.717, 1.165) is 12.0 Å². The molecule has 0 unspecified atom stereocenters. The molecule has 1 aromatic rings. The van der Waals surface area contributed by atoms with Gasteiger partial charge in [-0.15, -0.1) is 0 Å². The number of benzene rings is 1. The van der Waals surface area contributed by atoms with E-state index in [0.29, 0.717) is 11.7 Å². The first-order chi connectivity index (χ1) is 8.39. The van der Waals surface area contributed by atoms with Gasteiger partial charge >= 0.3 is 0 Å². The van der Waals surface area contributed by atoms with Crippen LogP contribution in [-0.2, 0) is 0 Å². The molecule has 0 aromatic heterocycles. The molecule has 0 N–H and O–H groups in total. The highest BCUT2D eigenvalue weighted by molar-refractivity contribution is 6.83. The highest BCUT2D eigenvalue weighted by Crippen LogP contribution is 2.57. The molecular formula is C16H24OSi. The maximum absolute atomic E-state index is 13.1. The molecule has 98 valence electrons. The number of ketones is 1. The van der Waals surface area contributed by atoms with Crippen molar-refractivity contribution < 1.29 is 4.79 Å². The lowest BCUT2D eigenvalue weighted by Gasteiger charge is -2.43. The van der Waals surface area contributed by atoms with Crippen molar-refractivity contribution in [1.29, 1.82) is 0 Å². The van der Waals surface area contributed by atoms with Gasteiger partial charge in [0.25, 0.3) is 0 Å². The van der Waals surface area contributed by atoms with Crippen molar-refractivity contribution in [3.8, 4) is 0 Å². The quantitative estimate of drug-likeness (QED) is 0.565. The van der Waals surface area contributed by atoms with Gasteiger partial charge in [0, 0.05) is 10.6 Å². The molecule has 18 heavy (non-hydrogen) atoms. The second-order valence-corrected chi connectivity index (χ2v) is 12.1. The molecule has 2 rings (SSSR count). The minimum absolute atomic E-state index is 0.0473. The fourth-order valence-corrected chi connectivity index (χ4v) is 7.19. The van der Waals surface area contributed by atoms with Crippen molar-refractivity contribution in [3.63, 3.8) is 0 Å². The van der Waals surface area contributed by atoms with Crippen molar-refractivity contribution in [2.75, 3.05) is 0 Å². The van der Waals surface area contributed by atoms with Crippen molar-refractivity contribution in [3.05, 3.63) is 35.9 Å². The van der Waals surface area contributed by atoms with Gasteiger partial charge < -0.3 is 0 Å². The third-order valence-electron chi connectivity index (χ3n) is 4.83. The molecule has 0 radical (unpaired) electrons. The summed E-state index contributed by atoms with van der Waals surface area (Å²) >= 11 is 0. The average Bonchev–Trinajstić information content (AvgIpc) is 2.72. The lowest BCUT2D eigenvalue weighted by Crippen LogP contribution is -2.47. The molecular weight excluding hydrogens is 236 g/mol. The topological polar surface area (TPSA) is 17.1 Å². The molecule has 0 aliphatic heterocycles. The zero-order valence-corrected chi connectivity index (χ0v) is 13.0. The smallest absolute Gasteiger partial charge is 0.166 e. The number of carbonyl (C=O) groups is 1. The van der Waals surface area contributed by atoms with Crippen LogP contribution < -0.4 is 0 Å². The summed E-state index contributed by atoms with van der Waals surface area (Å²) in [6.07, 6.45) is 3.52. The Bertz CT molecular complexity index is 432. The predicted molar refractivity (Wildman–Crippen MR) is 79.8 cm³/mol. The number of Topliss-reactive ketones (excluding diaryl/α,β-unsaturated/α-hetero) is 1. The fourth-order valence-electron chi connectivity index (χ4n) is 3.82. The van der Waals surface area contributed by atoms with Crippen LogP contribution in [0, 0.1) is 5.92 Å². The van der Waals surface area contributed by atoms with E-state index in [-0.39, 0.29) is 5.04 Å². The van der Waals surface area contributed by atoms with Gasteiger partial charge in [-0.25, -0.2) is 0 Å². The van der Waals surface area contributed by atoms with E-state index >= 15 is 0 Å². The Balaban J connectivity index is 2.47. The lowest BCUT2D eigenvalue weighted by molar-refractivity contribution is 0.0905. The van der Waals surface area contributed by atoms with E-state index in [1.807, 2.05) is 30.3 Å². The summed E-state index contributed by atoms with van der Waals surface area (Å²) in [5.74, 6) is 0.948. The van der Waals surface area contributed by atoms with Gasteiger partial charge in [0.15, 0.2) is 5.78 Å². The molecule has 0 amide bonds. The van der Waals surface area contributed by atoms with E-state index in [1.54, 1.807) is 0 Å². The van der Waals surface area contributed by atoms with Crippen LogP contribution in [-0.4, -0.2) is 13.9 Å². The summed E-state index contributed by atoms with van der Waals surface area (Å²) in [6.45, 7) is 9.35. The summed E-state index contributed by atoms with van der Waals surface area (Å²) in [7, 11) is -1.53. The van der Waals surface area contributed by atoms with Gasteiger partial charge in [-0.3, -0.25) is 4.79 Å². The fraction of sp³-hybridized carbons (Fsp3) is 0.562. The Morgan fingerprint density at radius 2 is 1.83 bits per heavy atom. The first-order valence-electron chi connectivity index (χ1n) is 6.99. The van der Waals surface area contributed by atoms with Crippen LogP contribution >= 0.6 is 0 Å². The van der Waals surface area contributed by atoms with E-state index < -0.39 is 8.07 Å². The molecule has 1 fully saturated rings. The maximum atomic E-state index is 13.1. The van der Waals surface area contributed by atoms with Gasteiger partial charge in [-0.1, -0.05) is 63.3 Å². The summed E-state index contributed by atoms with van der Waals surface area (Å²) in [6, 6.07) is 9.90. The Morgan fingerprint density at radius 3 is 2.28 bits per heavy atom. The highest BCUT2D eigenvalue weighted by atomic mass is 28.3. The van der Waals surface area contributed by atoms with Gasteiger partial charge in [-0.2, -0.15) is 0 Å². The third-order valence-corrected chi connectivity index (χ3v) is 8.48. The van der Waals surface area contributed by atoms with E-state index in [1.165, 1.54) is 12.8 Å². The molecule has 0 heterocycles. The minimum atomic E-state index is -1.53. The van der Waals surface area contributed by atoms with Crippen LogP contribution in [0.2, 0.25) is 24.7 Å². The first-order valence-corrected chi connectivity index (χ1v) is 10.5. The monoisotopic (exact) mass is 260 g/mol. The summed E-state index contributed by atoms with van der Waals surface area (Å²) in [5, 5.41) is -0.0473. The molecule has 1 aliphatic carbocycles. The normalized spacial score (nSPS) is 28.3.